The van der Waals surface area contributed by atoms with Crippen LogP contribution in [0.25, 0.3) is 0 Å². The minimum absolute atomic E-state index is 0.169. The van der Waals surface area contributed by atoms with Gasteiger partial charge in [0.15, 0.2) is 0 Å². The first-order valence-electron chi connectivity index (χ1n) is 3.77. The molecule has 0 fully saturated rings. The van der Waals surface area contributed by atoms with Crippen molar-refractivity contribution in [2.75, 3.05) is 0 Å². The normalized spacial score (nSPS) is 13.4. The van der Waals surface area contributed by atoms with E-state index in [0.29, 0.717) is 0 Å². The third-order valence-corrected chi connectivity index (χ3v) is 1.71. The molecule has 1 aromatic rings. The number of alkyl halides is 3. The Morgan fingerprint density at radius 3 is 2.50 bits per heavy atom. The molecule has 1 atom stereocenters. The van der Waals surface area contributed by atoms with E-state index in [9.17, 15) is 13.2 Å². The van der Waals surface area contributed by atoms with Gasteiger partial charge < -0.3 is 5.73 Å². The molecule has 0 aliphatic carbocycles. The molecule has 0 radical (unpaired) electrons. The van der Waals surface area contributed by atoms with Gasteiger partial charge in [0.2, 0.25) is 0 Å². The van der Waals surface area contributed by atoms with Crippen LogP contribution in [0.3, 0.4) is 0 Å². The predicted octanol–water partition coefficient (Wildman–Crippen LogP) is 2.23. The number of benzene rings is 1. The third kappa shape index (κ3) is 2.24. The minimum atomic E-state index is -4.40. The fraction of sp³-hybridized carbons (Fsp3) is 0.222. The molecule has 0 heterocycles. The van der Waals surface area contributed by atoms with Gasteiger partial charge in [-0.2, -0.15) is 18.4 Å². The molecule has 2 nitrogen and oxygen atoms in total. The molecule has 0 aromatic heterocycles. The van der Waals surface area contributed by atoms with Crippen LogP contribution in [0.15, 0.2) is 24.3 Å². The van der Waals surface area contributed by atoms with Crippen LogP contribution in [0, 0.1) is 11.3 Å². The maximum Gasteiger partial charge on any atom is 0.416 e. The molecule has 0 aliphatic rings. The zero-order valence-corrected chi connectivity index (χ0v) is 7.05. The lowest BCUT2D eigenvalue weighted by Crippen LogP contribution is -2.10. The summed E-state index contributed by atoms with van der Waals surface area (Å²) in [5.41, 5.74) is 4.66. The maximum absolute atomic E-state index is 12.2. The largest absolute Gasteiger partial charge is 0.416 e. The Morgan fingerprint density at radius 1 is 1.36 bits per heavy atom. The van der Waals surface area contributed by atoms with E-state index in [1.165, 1.54) is 12.1 Å². The molecule has 1 rings (SSSR count). The van der Waals surface area contributed by atoms with E-state index in [2.05, 4.69) is 0 Å². The number of halogens is 3. The predicted molar refractivity (Wildman–Crippen MR) is 44.0 cm³/mol. The molecule has 14 heavy (non-hydrogen) atoms. The van der Waals surface area contributed by atoms with Crippen LogP contribution in [-0.2, 0) is 6.18 Å². The molecular formula is C9H7F3N2. The van der Waals surface area contributed by atoms with Crippen LogP contribution in [0.5, 0.6) is 0 Å². The molecule has 2 N–H and O–H groups in total. The lowest BCUT2D eigenvalue weighted by molar-refractivity contribution is -0.137. The molecule has 0 aliphatic heterocycles. The van der Waals surface area contributed by atoms with Crippen molar-refractivity contribution in [1.82, 2.24) is 0 Å². The van der Waals surface area contributed by atoms with Crippen LogP contribution in [0.4, 0.5) is 13.2 Å². The van der Waals surface area contributed by atoms with E-state index < -0.39 is 17.8 Å². The van der Waals surface area contributed by atoms with Crippen LogP contribution < -0.4 is 5.73 Å². The Kier molecular flexibility index (Phi) is 2.77. The highest BCUT2D eigenvalue weighted by Gasteiger charge is 2.30. The molecular weight excluding hydrogens is 193 g/mol. The molecule has 5 heteroatoms. The molecule has 0 bridgehead atoms. The van der Waals surface area contributed by atoms with Gasteiger partial charge in [-0.05, 0) is 17.7 Å². The van der Waals surface area contributed by atoms with Crippen molar-refractivity contribution < 1.29 is 13.2 Å². The Morgan fingerprint density at radius 2 is 2.00 bits per heavy atom. The minimum Gasteiger partial charge on any atom is -0.312 e. The fourth-order valence-electron chi connectivity index (χ4n) is 0.983. The smallest absolute Gasteiger partial charge is 0.312 e. The lowest BCUT2D eigenvalue weighted by Gasteiger charge is -2.09. The summed E-state index contributed by atoms with van der Waals surface area (Å²) in [5.74, 6) is 0. The highest BCUT2D eigenvalue weighted by atomic mass is 19.4. The topological polar surface area (TPSA) is 49.8 Å². The molecule has 0 saturated carbocycles. The summed E-state index contributed by atoms with van der Waals surface area (Å²) in [6, 6.07) is 5.10. The molecule has 0 amide bonds. The van der Waals surface area contributed by atoms with E-state index in [1.54, 1.807) is 6.07 Å². The van der Waals surface area contributed by atoms with Crippen molar-refractivity contribution in [2.24, 2.45) is 5.73 Å². The summed E-state index contributed by atoms with van der Waals surface area (Å²) < 4.78 is 36.6. The van der Waals surface area contributed by atoms with Gasteiger partial charge in [0, 0.05) is 0 Å². The number of nitrogens with two attached hydrogens (primary N) is 1. The van der Waals surface area contributed by atoms with Crippen molar-refractivity contribution in [3.05, 3.63) is 35.4 Å². The van der Waals surface area contributed by atoms with Crippen molar-refractivity contribution in [3.8, 4) is 6.07 Å². The van der Waals surface area contributed by atoms with E-state index in [1.807, 2.05) is 0 Å². The number of nitrogens with zero attached hydrogens (tertiary/aromatic N) is 1. The zero-order chi connectivity index (χ0) is 10.8. The number of hydrogen-bond acceptors (Lipinski definition) is 2. The van der Waals surface area contributed by atoms with Crippen LogP contribution in [-0.4, -0.2) is 0 Å². The van der Waals surface area contributed by atoms with Crippen molar-refractivity contribution in [1.29, 1.82) is 5.26 Å². The third-order valence-electron chi connectivity index (χ3n) is 1.71. The standard InChI is InChI=1S/C9H7F3N2/c10-9(11,12)7-3-1-2-6(4-7)8(14)5-13/h1-4,8H,14H2/t8-/m0/s1. The monoisotopic (exact) mass is 200 g/mol. The summed E-state index contributed by atoms with van der Waals surface area (Å²) in [6.07, 6.45) is -4.40. The molecule has 0 spiro atoms. The Labute approximate surface area is 78.8 Å². The highest BCUT2D eigenvalue weighted by molar-refractivity contribution is 5.30. The average molecular weight is 200 g/mol. The van der Waals surface area contributed by atoms with E-state index in [0.717, 1.165) is 12.1 Å². The molecule has 74 valence electrons. The van der Waals surface area contributed by atoms with E-state index in [4.69, 9.17) is 11.0 Å². The second-order valence-electron chi connectivity index (χ2n) is 2.73. The Hall–Kier alpha value is -1.54. The van der Waals surface area contributed by atoms with Crippen molar-refractivity contribution >= 4 is 0 Å². The first-order chi connectivity index (χ1) is 6.45. The van der Waals surface area contributed by atoms with Gasteiger partial charge in [-0.25, -0.2) is 0 Å². The Bertz CT molecular complexity index is 365. The summed E-state index contributed by atoms with van der Waals surface area (Å²) >= 11 is 0. The lowest BCUT2D eigenvalue weighted by atomic mass is 10.1. The molecule has 1 aromatic carbocycles. The van der Waals surface area contributed by atoms with Gasteiger partial charge in [-0.1, -0.05) is 12.1 Å². The molecule has 0 unspecified atom stereocenters. The van der Waals surface area contributed by atoms with Crippen LogP contribution >= 0.6 is 0 Å². The first-order valence-corrected chi connectivity index (χ1v) is 3.77. The van der Waals surface area contributed by atoms with E-state index in [-0.39, 0.29) is 5.56 Å². The molecule has 0 saturated heterocycles. The van der Waals surface area contributed by atoms with Gasteiger partial charge in [0.25, 0.3) is 0 Å². The van der Waals surface area contributed by atoms with Gasteiger partial charge in [-0.3, -0.25) is 0 Å². The van der Waals surface area contributed by atoms with Crippen molar-refractivity contribution in [3.63, 3.8) is 0 Å². The highest BCUT2D eigenvalue weighted by Crippen LogP contribution is 2.30. The number of nitriles is 1. The average Bonchev–Trinajstić information content (AvgIpc) is 2.15. The van der Waals surface area contributed by atoms with Gasteiger partial charge in [0.05, 0.1) is 11.6 Å². The summed E-state index contributed by atoms with van der Waals surface area (Å²) in [6.45, 7) is 0. The summed E-state index contributed by atoms with van der Waals surface area (Å²) in [5, 5.41) is 8.43. The van der Waals surface area contributed by atoms with E-state index >= 15 is 0 Å². The Balaban J connectivity index is 3.09. The fourth-order valence-corrected chi connectivity index (χ4v) is 0.983. The van der Waals surface area contributed by atoms with Gasteiger partial charge >= 0.3 is 6.18 Å². The second-order valence-corrected chi connectivity index (χ2v) is 2.73. The van der Waals surface area contributed by atoms with Crippen molar-refractivity contribution in [2.45, 2.75) is 12.2 Å². The quantitative estimate of drug-likeness (QED) is 0.755. The summed E-state index contributed by atoms with van der Waals surface area (Å²) in [7, 11) is 0. The second kappa shape index (κ2) is 3.68. The first kappa shape index (κ1) is 10.5. The van der Waals surface area contributed by atoms with Gasteiger partial charge in [0.1, 0.15) is 6.04 Å². The van der Waals surface area contributed by atoms with Crippen LogP contribution in [0.1, 0.15) is 17.2 Å². The van der Waals surface area contributed by atoms with Crippen LogP contribution in [0.2, 0.25) is 0 Å². The number of rotatable bonds is 1. The zero-order valence-electron chi connectivity index (χ0n) is 7.05. The number of hydrogen-bond donors (Lipinski definition) is 1. The SMILES string of the molecule is N#C[C@H](N)c1cccc(C(F)(F)F)c1. The summed E-state index contributed by atoms with van der Waals surface area (Å²) in [4.78, 5) is 0. The maximum atomic E-state index is 12.2. The van der Waals surface area contributed by atoms with Gasteiger partial charge in [-0.15, -0.1) is 0 Å².